The second kappa shape index (κ2) is 6.38. The molecule has 2 aliphatic rings. The molecule has 0 radical (unpaired) electrons. The molecule has 2 rings (SSSR count). The maximum Gasteiger partial charge on any atom is 0.0263 e. The fourth-order valence-electron chi connectivity index (χ4n) is 4.01. The first-order valence-electron chi connectivity index (χ1n) is 8.04. The Labute approximate surface area is 114 Å². The van der Waals surface area contributed by atoms with Crippen LogP contribution in [0, 0.1) is 17.8 Å². The van der Waals surface area contributed by atoms with E-state index in [0.717, 1.165) is 29.8 Å². The van der Waals surface area contributed by atoms with Gasteiger partial charge >= 0.3 is 0 Å². The van der Waals surface area contributed by atoms with Crippen molar-refractivity contribution in [2.75, 3.05) is 19.6 Å². The molecule has 2 fully saturated rings. The van der Waals surface area contributed by atoms with E-state index in [0.29, 0.717) is 0 Å². The smallest absolute Gasteiger partial charge is 0.0263 e. The molecule has 2 aliphatic heterocycles. The van der Waals surface area contributed by atoms with Gasteiger partial charge in [-0.2, -0.15) is 0 Å². The molecule has 0 bridgehead atoms. The van der Waals surface area contributed by atoms with Gasteiger partial charge in [0.15, 0.2) is 0 Å². The molecule has 0 spiro atoms. The Kier molecular flexibility index (Phi) is 5.08. The second-order valence-electron chi connectivity index (χ2n) is 7.28. The van der Waals surface area contributed by atoms with Gasteiger partial charge in [0.2, 0.25) is 0 Å². The van der Waals surface area contributed by atoms with Crippen molar-refractivity contribution in [1.29, 1.82) is 0 Å². The summed E-state index contributed by atoms with van der Waals surface area (Å²) in [5, 5.41) is 3.61. The predicted molar refractivity (Wildman–Crippen MR) is 78.8 cm³/mol. The van der Waals surface area contributed by atoms with Crippen LogP contribution in [0.15, 0.2) is 0 Å². The van der Waals surface area contributed by atoms with Crippen molar-refractivity contribution in [3.63, 3.8) is 0 Å². The summed E-state index contributed by atoms with van der Waals surface area (Å²) in [6.07, 6.45) is 5.61. The zero-order chi connectivity index (χ0) is 13.1. The first-order chi connectivity index (χ1) is 8.58. The molecule has 2 heterocycles. The quantitative estimate of drug-likeness (QED) is 0.809. The van der Waals surface area contributed by atoms with Crippen molar-refractivity contribution in [1.82, 2.24) is 10.2 Å². The van der Waals surface area contributed by atoms with Gasteiger partial charge in [0.25, 0.3) is 0 Å². The highest BCUT2D eigenvalue weighted by Crippen LogP contribution is 2.31. The molecule has 0 saturated carbocycles. The maximum absolute atomic E-state index is 3.61. The fourth-order valence-corrected chi connectivity index (χ4v) is 4.01. The Morgan fingerprint density at radius 1 is 1.06 bits per heavy atom. The van der Waals surface area contributed by atoms with Crippen LogP contribution in [0.5, 0.6) is 0 Å². The second-order valence-corrected chi connectivity index (χ2v) is 7.28. The zero-order valence-electron chi connectivity index (χ0n) is 12.8. The normalized spacial score (nSPS) is 29.5. The molecule has 1 N–H and O–H groups in total. The molecule has 2 nitrogen and oxygen atoms in total. The van der Waals surface area contributed by atoms with Gasteiger partial charge in [-0.3, -0.25) is 4.90 Å². The van der Waals surface area contributed by atoms with Gasteiger partial charge in [0.05, 0.1) is 0 Å². The topological polar surface area (TPSA) is 15.3 Å². The van der Waals surface area contributed by atoms with Crippen LogP contribution in [0.4, 0.5) is 0 Å². The summed E-state index contributed by atoms with van der Waals surface area (Å²) in [5.41, 5.74) is 0. The van der Waals surface area contributed by atoms with Gasteiger partial charge < -0.3 is 5.32 Å². The number of piperidine rings is 1. The van der Waals surface area contributed by atoms with Crippen LogP contribution in [0.3, 0.4) is 0 Å². The van der Waals surface area contributed by atoms with Gasteiger partial charge in [0, 0.05) is 18.6 Å². The minimum absolute atomic E-state index is 0.817. The van der Waals surface area contributed by atoms with E-state index in [1.165, 1.54) is 45.3 Å². The average Bonchev–Trinajstić information content (AvgIpc) is 2.74. The van der Waals surface area contributed by atoms with Gasteiger partial charge in [-0.25, -0.2) is 0 Å². The summed E-state index contributed by atoms with van der Waals surface area (Å²) in [6, 6.07) is 1.65. The Morgan fingerprint density at radius 2 is 1.72 bits per heavy atom. The van der Waals surface area contributed by atoms with E-state index in [2.05, 4.69) is 37.9 Å². The third-order valence-electron chi connectivity index (χ3n) is 4.68. The predicted octanol–water partition coefficient (Wildman–Crippen LogP) is 3.13. The van der Waals surface area contributed by atoms with Crippen molar-refractivity contribution < 1.29 is 0 Å². The van der Waals surface area contributed by atoms with Crippen molar-refractivity contribution in [2.24, 2.45) is 17.8 Å². The van der Waals surface area contributed by atoms with Crippen LogP contribution < -0.4 is 5.32 Å². The summed E-state index contributed by atoms with van der Waals surface area (Å²) in [6.45, 7) is 13.3. The maximum atomic E-state index is 3.61. The molecule has 0 aromatic heterocycles. The molecule has 2 atom stereocenters. The van der Waals surface area contributed by atoms with Gasteiger partial charge in [-0.1, -0.05) is 27.7 Å². The molecule has 0 aromatic rings. The third kappa shape index (κ3) is 3.48. The summed E-state index contributed by atoms with van der Waals surface area (Å²) >= 11 is 0. The van der Waals surface area contributed by atoms with E-state index >= 15 is 0 Å². The molecule has 106 valence electrons. The minimum atomic E-state index is 0.817. The highest BCUT2D eigenvalue weighted by atomic mass is 15.2. The third-order valence-corrected chi connectivity index (χ3v) is 4.68. The lowest BCUT2D eigenvalue weighted by Crippen LogP contribution is -2.51. The summed E-state index contributed by atoms with van der Waals surface area (Å²) in [7, 11) is 0. The zero-order valence-corrected chi connectivity index (χ0v) is 12.8. The van der Waals surface area contributed by atoms with Crippen molar-refractivity contribution in [3.05, 3.63) is 0 Å². The molecule has 2 heteroatoms. The average molecular weight is 252 g/mol. The van der Waals surface area contributed by atoms with Crippen molar-refractivity contribution in [3.8, 4) is 0 Å². The number of nitrogens with zero attached hydrogens (tertiary/aromatic N) is 1. The number of hydrogen-bond donors (Lipinski definition) is 1. The van der Waals surface area contributed by atoms with Crippen LogP contribution in [-0.4, -0.2) is 36.6 Å². The van der Waals surface area contributed by atoms with Gasteiger partial charge in [-0.05, 0) is 56.5 Å². The van der Waals surface area contributed by atoms with E-state index in [-0.39, 0.29) is 0 Å². The molecular weight excluding hydrogens is 220 g/mol. The van der Waals surface area contributed by atoms with Crippen LogP contribution in [0.2, 0.25) is 0 Å². The number of rotatable bonds is 5. The van der Waals surface area contributed by atoms with E-state index < -0.39 is 0 Å². The molecule has 0 aliphatic carbocycles. The fraction of sp³-hybridized carbons (Fsp3) is 1.00. The lowest BCUT2D eigenvalue weighted by molar-refractivity contribution is 0.0561. The van der Waals surface area contributed by atoms with E-state index in [4.69, 9.17) is 0 Å². The minimum Gasteiger partial charge on any atom is -0.315 e. The van der Waals surface area contributed by atoms with Crippen molar-refractivity contribution >= 4 is 0 Å². The molecule has 0 aromatic carbocycles. The first-order valence-corrected chi connectivity index (χ1v) is 8.04. The highest BCUT2D eigenvalue weighted by Gasteiger charge is 2.38. The number of nitrogens with one attached hydrogen (secondary N) is 1. The number of fused-ring (bicyclic) bond motifs is 1. The number of likely N-dealkylation sites (tertiary alicyclic amines) is 1. The Balaban J connectivity index is 2.03. The first kappa shape index (κ1) is 14.3. The molecular formula is C16H32N2. The van der Waals surface area contributed by atoms with E-state index in [1.807, 2.05) is 0 Å². The van der Waals surface area contributed by atoms with Gasteiger partial charge in [-0.15, -0.1) is 0 Å². The largest absolute Gasteiger partial charge is 0.315 e. The monoisotopic (exact) mass is 252 g/mol. The van der Waals surface area contributed by atoms with Crippen LogP contribution >= 0.6 is 0 Å². The molecule has 0 amide bonds. The highest BCUT2D eigenvalue weighted by molar-refractivity contribution is 4.94. The standard InChI is InChI=1S/C16H32N2/c1-12(2)8-15(9-13(3)4)18-7-5-6-14-10-17-11-16(14)18/h12-17H,5-11H2,1-4H3. The van der Waals surface area contributed by atoms with Crippen molar-refractivity contribution in [2.45, 2.75) is 65.5 Å². The van der Waals surface area contributed by atoms with Gasteiger partial charge in [0.1, 0.15) is 0 Å². The summed E-state index contributed by atoms with van der Waals surface area (Å²) < 4.78 is 0. The molecule has 18 heavy (non-hydrogen) atoms. The lowest BCUT2D eigenvalue weighted by atomic mass is 9.86. The van der Waals surface area contributed by atoms with E-state index in [9.17, 15) is 0 Å². The van der Waals surface area contributed by atoms with Crippen LogP contribution in [0.1, 0.15) is 53.4 Å². The number of hydrogen-bond acceptors (Lipinski definition) is 2. The molecule has 2 saturated heterocycles. The summed E-state index contributed by atoms with van der Waals surface area (Å²) in [4.78, 5) is 2.87. The Hall–Kier alpha value is -0.0800. The lowest BCUT2D eigenvalue weighted by Gasteiger charge is -2.43. The summed E-state index contributed by atoms with van der Waals surface area (Å²) in [5.74, 6) is 2.58. The van der Waals surface area contributed by atoms with Crippen LogP contribution in [0.25, 0.3) is 0 Å². The Morgan fingerprint density at radius 3 is 2.33 bits per heavy atom. The van der Waals surface area contributed by atoms with E-state index in [1.54, 1.807) is 0 Å². The SMILES string of the molecule is CC(C)CC(CC(C)C)N1CCCC2CNCC21. The molecule has 2 unspecified atom stereocenters. The Bertz CT molecular complexity index is 239. The van der Waals surface area contributed by atoms with Crippen LogP contribution in [-0.2, 0) is 0 Å².